The third-order valence-electron chi connectivity index (χ3n) is 10.7. The lowest BCUT2D eigenvalue weighted by Gasteiger charge is -2.63. The zero-order valence-corrected chi connectivity index (χ0v) is 30.6. The zero-order chi connectivity index (χ0) is 34.5. The van der Waals surface area contributed by atoms with Crippen molar-refractivity contribution in [3.05, 3.63) is 30.3 Å². The fourth-order valence-electron chi connectivity index (χ4n) is 8.15. The maximum atomic E-state index is 10.8. The summed E-state index contributed by atoms with van der Waals surface area (Å²) in [6, 6.07) is 10.9. The predicted octanol–water partition coefficient (Wildman–Crippen LogP) is 5.82. The Balaban J connectivity index is 0.00000125. The number of hydrogen-bond donors (Lipinski definition) is 3. The van der Waals surface area contributed by atoms with Crippen molar-refractivity contribution in [2.75, 3.05) is 76.2 Å². The van der Waals surface area contributed by atoms with Crippen molar-refractivity contribution < 1.29 is 9.90 Å². The van der Waals surface area contributed by atoms with Gasteiger partial charge in [0.1, 0.15) is 5.75 Å². The van der Waals surface area contributed by atoms with Crippen LogP contribution in [0.1, 0.15) is 91.9 Å². The number of hydrogen-bond acceptors (Lipinski definition) is 9. The molecule has 0 radical (unpaired) electrons. The standard InChI is InChI=1S/C34H52N8O2.2C2H6/c1-36-33-30(21-29(37-38-33)28-9-6-7-10-31(28)43)41-19-17-40(18-20-41)27-22-34(23-27)24-42(25-34)26-12-15-39(16-13-26)14-8-4-2-3-5-11-32(35)44;2*1-2/h6-7,9-10,21,26-27,43H,2-5,8,11-20,22-25H2,1H3,(H2,35,44)(H,36,38);2*1-2H3. The fourth-order valence-corrected chi connectivity index (χ4v) is 8.15. The number of phenols is 1. The van der Waals surface area contributed by atoms with Crippen LogP contribution in [0.4, 0.5) is 11.5 Å². The molecule has 1 amide bonds. The zero-order valence-electron chi connectivity index (χ0n) is 30.6. The molecule has 3 aliphatic heterocycles. The number of aromatic hydroxyl groups is 1. The SMILES string of the molecule is CC.CC.CNc1nnc(-c2ccccc2O)cc1N1CCN(C2CC3(C2)CN(C2CCN(CCCCCCCC(N)=O)CC2)C3)CC1. The van der Waals surface area contributed by atoms with Crippen molar-refractivity contribution in [1.82, 2.24) is 24.9 Å². The number of piperazine rings is 1. The summed E-state index contributed by atoms with van der Waals surface area (Å²) < 4.78 is 0. The molecule has 1 aromatic carbocycles. The Hall–Kier alpha value is -2.95. The van der Waals surface area contributed by atoms with Crippen LogP contribution in [-0.4, -0.2) is 114 Å². The molecule has 4 aliphatic rings. The summed E-state index contributed by atoms with van der Waals surface area (Å²) in [5, 5.41) is 22.4. The Kier molecular flexibility index (Phi) is 14.8. The number of anilines is 2. The lowest BCUT2D eigenvalue weighted by molar-refractivity contribution is -0.131. The van der Waals surface area contributed by atoms with Crippen LogP contribution in [0.25, 0.3) is 11.3 Å². The van der Waals surface area contributed by atoms with Crippen LogP contribution in [-0.2, 0) is 4.79 Å². The van der Waals surface area contributed by atoms with Crippen molar-refractivity contribution in [2.45, 2.75) is 104 Å². The van der Waals surface area contributed by atoms with E-state index in [4.69, 9.17) is 5.73 Å². The molecule has 0 unspecified atom stereocenters. The molecule has 6 rings (SSSR count). The van der Waals surface area contributed by atoms with Gasteiger partial charge in [-0.15, -0.1) is 10.2 Å². The number of aromatic nitrogens is 2. The topological polar surface area (TPSA) is 114 Å². The van der Waals surface area contributed by atoms with Crippen molar-refractivity contribution >= 4 is 17.4 Å². The molecule has 0 bridgehead atoms. The van der Waals surface area contributed by atoms with E-state index < -0.39 is 0 Å². The maximum absolute atomic E-state index is 10.8. The van der Waals surface area contributed by atoms with E-state index in [-0.39, 0.29) is 11.7 Å². The highest BCUT2D eigenvalue weighted by molar-refractivity contribution is 5.75. The van der Waals surface area contributed by atoms with Gasteiger partial charge in [-0.2, -0.15) is 0 Å². The Bertz CT molecular complexity index is 1250. The number of amides is 1. The highest BCUT2D eigenvalue weighted by Gasteiger charge is 2.55. The van der Waals surface area contributed by atoms with Gasteiger partial charge in [0.15, 0.2) is 5.82 Å². The summed E-state index contributed by atoms with van der Waals surface area (Å²) in [6.07, 6.45) is 11.7. The summed E-state index contributed by atoms with van der Waals surface area (Å²) in [6.45, 7) is 18.5. The summed E-state index contributed by atoms with van der Waals surface area (Å²) >= 11 is 0. The minimum atomic E-state index is -0.169. The first-order valence-electron chi connectivity index (χ1n) is 19.0. The predicted molar refractivity (Wildman–Crippen MR) is 199 cm³/mol. The van der Waals surface area contributed by atoms with Gasteiger partial charge in [-0.1, -0.05) is 59.1 Å². The smallest absolute Gasteiger partial charge is 0.217 e. The molecule has 1 saturated carbocycles. The van der Waals surface area contributed by atoms with E-state index in [1.807, 2.05) is 52.9 Å². The number of nitrogens with zero attached hydrogens (tertiary/aromatic N) is 6. The molecular weight excluding hydrogens is 600 g/mol. The number of carbonyl (C=O) groups excluding carboxylic acids is 1. The molecule has 10 nitrogen and oxygen atoms in total. The molecule has 10 heteroatoms. The molecule has 2 aromatic rings. The molecule has 268 valence electrons. The molecule has 1 aromatic heterocycles. The number of carbonyl (C=O) groups is 1. The Labute approximate surface area is 290 Å². The highest BCUT2D eigenvalue weighted by Crippen LogP contribution is 2.51. The molecule has 4 N–H and O–H groups in total. The number of para-hydroxylation sites is 1. The first-order valence-corrected chi connectivity index (χ1v) is 19.0. The molecule has 48 heavy (non-hydrogen) atoms. The molecular formula is C38H64N8O2. The van der Waals surface area contributed by atoms with Crippen LogP contribution in [0.3, 0.4) is 0 Å². The first kappa shape index (κ1) is 37.9. The van der Waals surface area contributed by atoms with E-state index in [2.05, 4.69) is 41.2 Å². The van der Waals surface area contributed by atoms with E-state index in [9.17, 15) is 9.90 Å². The van der Waals surface area contributed by atoms with Crippen molar-refractivity contribution in [1.29, 1.82) is 0 Å². The fraction of sp³-hybridized carbons (Fsp3) is 0.711. The van der Waals surface area contributed by atoms with Crippen LogP contribution in [0.15, 0.2) is 30.3 Å². The quantitative estimate of drug-likeness (QED) is 0.228. The van der Waals surface area contributed by atoms with Gasteiger partial charge in [0.2, 0.25) is 5.91 Å². The third-order valence-corrected chi connectivity index (χ3v) is 10.7. The number of unbranched alkanes of at least 4 members (excludes halogenated alkanes) is 4. The minimum Gasteiger partial charge on any atom is -0.507 e. The summed E-state index contributed by atoms with van der Waals surface area (Å²) in [5.74, 6) is 0.846. The highest BCUT2D eigenvalue weighted by atomic mass is 16.3. The monoisotopic (exact) mass is 665 g/mol. The van der Waals surface area contributed by atoms with Crippen molar-refractivity contribution in [2.24, 2.45) is 11.1 Å². The van der Waals surface area contributed by atoms with Crippen LogP contribution in [0, 0.1) is 5.41 Å². The second-order valence-corrected chi connectivity index (χ2v) is 13.8. The van der Waals surface area contributed by atoms with E-state index in [1.54, 1.807) is 6.07 Å². The van der Waals surface area contributed by atoms with Gasteiger partial charge in [0.25, 0.3) is 0 Å². The third kappa shape index (κ3) is 9.60. The number of piperidine rings is 1. The average molecular weight is 665 g/mol. The maximum Gasteiger partial charge on any atom is 0.217 e. The number of benzene rings is 1. The largest absolute Gasteiger partial charge is 0.507 e. The Morgan fingerprint density at radius 1 is 0.875 bits per heavy atom. The number of rotatable bonds is 13. The Morgan fingerprint density at radius 3 is 2.17 bits per heavy atom. The first-order chi connectivity index (χ1) is 23.4. The van der Waals surface area contributed by atoms with Crippen LogP contribution >= 0.6 is 0 Å². The minimum absolute atomic E-state index is 0.169. The molecule has 3 saturated heterocycles. The van der Waals surface area contributed by atoms with E-state index in [0.29, 0.717) is 23.1 Å². The second-order valence-electron chi connectivity index (χ2n) is 13.8. The van der Waals surface area contributed by atoms with Crippen LogP contribution in [0.5, 0.6) is 5.75 Å². The van der Waals surface area contributed by atoms with E-state index in [0.717, 1.165) is 62.6 Å². The van der Waals surface area contributed by atoms with Gasteiger partial charge in [0.05, 0.1) is 11.4 Å². The number of nitrogens with one attached hydrogen (secondary N) is 1. The van der Waals surface area contributed by atoms with Gasteiger partial charge in [-0.05, 0) is 81.8 Å². The number of nitrogens with two attached hydrogens (primary N) is 1. The summed E-state index contributed by atoms with van der Waals surface area (Å²) in [4.78, 5) is 21.4. The van der Waals surface area contributed by atoms with Crippen LogP contribution < -0.4 is 16.0 Å². The number of likely N-dealkylation sites (tertiary alicyclic amines) is 2. The molecule has 0 atom stereocenters. The summed E-state index contributed by atoms with van der Waals surface area (Å²) in [5.41, 5.74) is 8.27. The molecule has 1 aliphatic carbocycles. The lowest BCUT2D eigenvalue weighted by atomic mass is 9.59. The van der Waals surface area contributed by atoms with Gasteiger partial charge < -0.3 is 26.0 Å². The van der Waals surface area contributed by atoms with E-state index >= 15 is 0 Å². The summed E-state index contributed by atoms with van der Waals surface area (Å²) in [7, 11) is 1.89. The normalized spacial score (nSPS) is 20.1. The second kappa shape index (κ2) is 18.7. The van der Waals surface area contributed by atoms with Gasteiger partial charge >= 0.3 is 0 Å². The molecule has 4 heterocycles. The average Bonchev–Trinajstić information content (AvgIpc) is 3.09. The molecule has 1 spiro atoms. The van der Waals surface area contributed by atoms with E-state index in [1.165, 1.54) is 77.7 Å². The van der Waals surface area contributed by atoms with Crippen molar-refractivity contribution in [3.63, 3.8) is 0 Å². The van der Waals surface area contributed by atoms with Gasteiger partial charge in [-0.25, -0.2) is 0 Å². The molecule has 4 fully saturated rings. The van der Waals surface area contributed by atoms with Crippen LogP contribution in [0.2, 0.25) is 0 Å². The van der Waals surface area contributed by atoms with Crippen molar-refractivity contribution in [3.8, 4) is 17.0 Å². The lowest BCUT2D eigenvalue weighted by Crippen LogP contribution is -2.69. The van der Waals surface area contributed by atoms with Gasteiger partial charge in [0, 0.05) is 70.4 Å². The number of primary amides is 1. The number of phenolic OH excluding ortho intramolecular Hbond substituents is 1. The van der Waals surface area contributed by atoms with Gasteiger partial charge in [-0.3, -0.25) is 14.6 Å². The Morgan fingerprint density at radius 2 is 1.52 bits per heavy atom.